The van der Waals surface area contributed by atoms with E-state index in [4.69, 9.17) is 0 Å². The van der Waals surface area contributed by atoms with Gasteiger partial charge in [0.2, 0.25) is 0 Å². The molecule has 82 valence electrons. The van der Waals surface area contributed by atoms with Crippen molar-refractivity contribution < 1.29 is 0 Å². The van der Waals surface area contributed by atoms with Gasteiger partial charge in [0.15, 0.2) is 0 Å². The summed E-state index contributed by atoms with van der Waals surface area (Å²) in [4.78, 5) is 2.64. The van der Waals surface area contributed by atoms with Gasteiger partial charge in [-0.2, -0.15) is 0 Å². The van der Waals surface area contributed by atoms with Crippen molar-refractivity contribution in [3.8, 4) is 0 Å². The lowest BCUT2D eigenvalue weighted by molar-refractivity contribution is 0.295. The van der Waals surface area contributed by atoms with Crippen LogP contribution >= 0.6 is 0 Å². The zero-order valence-corrected chi connectivity index (χ0v) is 9.30. The maximum atomic E-state index is 3.55. The Hall–Kier alpha value is -0.0800. The van der Waals surface area contributed by atoms with Gasteiger partial charge in [-0.25, -0.2) is 0 Å². The third-order valence-corrected chi connectivity index (χ3v) is 3.70. The number of nitrogens with zero attached hydrogens (tertiary/aromatic N) is 1. The lowest BCUT2D eigenvalue weighted by Gasteiger charge is -2.19. The van der Waals surface area contributed by atoms with E-state index in [-0.39, 0.29) is 0 Å². The largest absolute Gasteiger partial charge is 0.316 e. The van der Waals surface area contributed by atoms with Crippen molar-refractivity contribution in [2.45, 2.75) is 38.5 Å². The topological polar surface area (TPSA) is 15.3 Å². The Bertz CT molecular complexity index is 144. The fraction of sp³-hybridized carbons (Fsp3) is 1.00. The molecule has 0 spiro atoms. The van der Waals surface area contributed by atoms with E-state index in [1.165, 1.54) is 71.2 Å². The van der Waals surface area contributed by atoms with Crippen LogP contribution in [0.25, 0.3) is 0 Å². The van der Waals surface area contributed by atoms with Crippen LogP contribution in [0.15, 0.2) is 0 Å². The van der Waals surface area contributed by atoms with Crippen molar-refractivity contribution >= 4 is 0 Å². The number of likely N-dealkylation sites (tertiary alicyclic amines) is 1. The summed E-state index contributed by atoms with van der Waals surface area (Å²) in [5.74, 6) is 0.957. The van der Waals surface area contributed by atoms with Gasteiger partial charge in [-0.05, 0) is 70.7 Å². The molecular formula is C12H24N2. The molecule has 0 aromatic rings. The molecule has 2 nitrogen and oxygen atoms in total. The molecule has 0 radical (unpaired) electrons. The van der Waals surface area contributed by atoms with Gasteiger partial charge in [0.25, 0.3) is 0 Å². The molecule has 2 aliphatic heterocycles. The average molecular weight is 196 g/mol. The van der Waals surface area contributed by atoms with E-state index in [9.17, 15) is 0 Å². The third-order valence-electron chi connectivity index (χ3n) is 3.70. The van der Waals surface area contributed by atoms with Crippen LogP contribution in [0.5, 0.6) is 0 Å². The lowest BCUT2D eigenvalue weighted by atomic mass is 9.99. The second-order valence-electron chi connectivity index (χ2n) is 4.90. The summed E-state index contributed by atoms with van der Waals surface area (Å²) in [7, 11) is 0. The molecule has 14 heavy (non-hydrogen) atoms. The zero-order valence-electron chi connectivity index (χ0n) is 9.30. The first-order valence-corrected chi connectivity index (χ1v) is 6.38. The van der Waals surface area contributed by atoms with Crippen molar-refractivity contribution in [3.05, 3.63) is 0 Å². The van der Waals surface area contributed by atoms with Gasteiger partial charge in [-0.15, -0.1) is 0 Å². The van der Waals surface area contributed by atoms with Crippen molar-refractivity contribution in [2.24, 2.45) is 5.92 Å². The highest BCUT2D eigenvalue weighted by Gasteiger charge is 2.15. The van der Waals surface area contributed by atoms with Crippen LogP contribution < -0.4 is 5.32 Å². The maximum absolute atomic E-state index is 3.55. The number of hydrogen-bond donors (Lipinski definition) is 1. The molecule has 0 aromatic carbocycles. The van der Waals surface area contributed by atoms with E-state index in [1.54, 1.807) is 0 Å². The van der Waals surface area contributed by atoms with E-state index < -0.39 is 0 Å². The monoisotopic (exact) mass is 196 g/mol. The maximum Gasteiger partial charge on any atom is -0.00156 e. The standard InChI is InChI=1S/C12H24N2/c1-2-7-13-11-12(5-1)6-10-14-8-3-4-9-14/h12-13H,1-11H2. The van der Waals surface area contributed by atoms with Crippen molar-refractivity contribution in [1.29, 1.82) is 0 Å². The van der Waals surface area contributed by atoms with Crippen molar-refractivity contribution in [3.63, 3.8) is 0 Å². The molecule has 1 unspecified atom stereocenters. The minimum Gasteiger partial charge on any atom is -0.316 e. The Morgan fingerprint density at radius 2 is 1.93 bits per heavy atom. The van der Waals surface area contributed by atoms with E-state index >= 15 is 0 Å². The van der Waals surface area contributed by atoms with E-state index in [0.717, 1.165) is 5.92 Å². The van der Waals surface area contributed by atoms with Crippen LogP contribution in [0.3, 0.4) is 0 Å². The molecule has 0 amide bonds. The molecule has 2 saturated heterocycles. The van der Waals surface area contributed by atoms with Crippen LogP contribution in [0.1, 0.15) is 38.5 Å². The molecule has 2 fully saturated rings. The fourth-order valence-corrected chi connectivity index (χ4v) is 2.71. The Morgan fingerprint density at radius 3 is 2.79 bits per heavy atom. The van der Waals surface area contributed by atoms with Gasteiger partial charge in [0.1, 0.15) is 0 Å². The van der Waals surface area contributed by atoms with E-state index in [1.807, 2.05) is 0 Å². The quantitative estimate of drug-likeness (QED) is 0.741. The normalized spacial score (nSPS) is 30.4. The van der Waals surface area contributed by atoms with Crippen LogP contribution in [-0.2, 0) is 0 Å². The predicted octanol–water partition coefficient (Wildman–Crippen LogP) is 1.86. The molecule has 1 atom stereocenters. The Labute approximate surface area is 88.1 Å². The summed E-state index contributed by atoms with van der Waals surface area (Å²) in [6.45, 7) is 6.60. The number of nitrogens with one attached hydrogen (secondary N) is 1. The molecular weight excluding hydrogens is 172 g/mol. The first-order chi connectivity index (χ1) is 6.95. The summed E-state index contributed by atoms with van der Waals surface area (Å²) >= 11 is 0. The Morgan fingerprint density at radius 1 is 1.07 bits per heavy atom. The highest BCUT2D eigenvalue weighted by atomic mass is 15.1. The minimum absolute atomic E-state index is 0.957. The Kier molecular flexibility index (Phi) is 4.26. The smallest absolute Gasteiger partial charge is 0.00156 e. The fourth-order valence-electron chi connectivity index (χ4n) is 2.71. The highest BCUT2D eigenvalue weighted by molar-refractivity contribution is 4.72. The molecule has 0 saturated carbocycles. The first-order valence-electron chi connectivity index (χ1n) is 6.38. The predicted molar refractivity (Wildman–Crippen MR) is 60.5 cm³/mol. The van der Waals surface area contributed by atoms with Crippen molar-refractivity contribution in [2.75, 3.05) is 32.7 Å². The van der Waals surface area contributed by atoms with Crippen LogP contribution in [0, 0.1) is 5.92 Å². The Balaban J connectivity index is 1.62. The molecule has 0 bridgehead atoms. The summed E-state index contributed by atoms with van der Waals surface area (Å²) in [6, 6.07) is 0. The van der Waals surface area contributed by atoms with E-state index in [0.29, 0.717) is 0 Å². The second-order valence-corrected chi connectivity index (χ2v) is 4.90. The highest BCUT2D eigenvalue weighted by Crippen LogP contribution is 2.17. The SMILES string of the molecule is C1CCC(CCN2CCCC2)CNC1. The number of hydrogen-bond acceptors (Lipinski definition) is 2. The summed E-state index contributed by atoms with van der Waals surface area (Å²) in [5.41, 5.74) is 0. The molecule has 2 heterocycles. The molecule has 2 aliphatic rings. The average Bonchev–Trinajstić information content (AvgIpc) is 2.58. The summed E-state index contributed by atoms with van der Waals surface area (Å²) in [5, 5.41) is 3.55. The molecule has 0 aromatic heterocycles. The van der Waals surface area contributed by atoms with E-state index in [2.05, 4.69) is 10.2 Å². The number of rotatable bonds is 3. The third kappa shape index (κ3) is 3.25. The van der Waals surface area contributed by atoms with Gasteiger partial charge < -0.3 is 10.2 Å². The van der Waals surface area contributed by atoms with Gasteiger partial charge in [-0.3, -0.25) is 0 Å². The van der Waals surface area contributed by atoms with Gasteiger partial charge >= 0.3 is 0 Å². The lowest BCUT2D eigenvalue weighted by Crippen LogP contribution is -2.26. The van der Waals surface area contributed by atoms with Gasteiger partial charge in [-0.1, -0.05) is 6.42 Å². The zero-order chi connectivity index (χ0) is 9.64. The van der Waals surface area contributed by atoms with Crippen LogP contribution in [0.4, 0.5) is 0 Å². The molecule has 1 N–H and O–H groups in total. The van der Waals surface area contributed by atoms with Crippen LogP contribution in [0.2, 0.25) is 0 Å². The first kappa shape index (κ1) is 10.4. The van der Waals surface area contributed by atoms with Crippen molar-refractivity contribution in [1.82, 2.24) is 10.2 Å². The molecule has 2 heteroatoms. The molecule has 2 rings (SSSR count). The summed E-state index contributed by atoms with van der Waals surface area (Å²) < 4.78 is 0. The minimum atomic E-state index is 0.957. The molecule has 0 aliphatic carbocycles. The van der Waals surface area contributed by atoms with Gasteiger partial charge in [0, 0.05) is 0 Å². The van der Waals surface area contributed by atoms with Gasteiger partial charge in [0.05, 0.1) is 0 Å². The van der Waals surface area contributed by atoms with Crippen LogP contribution in [-0.4, -0.2) is 37.6 Å². The second kappa shape index (κ2) is 5.72. The summed E-state index contributed by atoms with van der Waals surface area (Å²) in [6.07, 6.45) is 8.58.